The first-order valence-corrected chi connectivity index (χ1v) is 36.2. The highest BCUT2D eigenvalue weighted by atomic mass is 15.2. The van der Waals surface area contributed by atoms with Gasteiger partial charge in [-0.2, -0.15) is 10.5 Å². The highest BCUT2D eigenvalue weighted by Crippen LogP contribution is 2.48. The van der Waals surface area contributed by atoms with Gasteiger partial charge in [0.05, 0.1) is 40.0 Å². The van der Waals surface area contributed by atoms with E-state index < -0.39 is 0 Å². The number of fused-ring (bicyclic) bond motifs is 7. The maximum atomic E-state index is 10.7. The number of rotatable bonds is 13. The minimum absolute atomic E-state index is 0.273. The first-order chi connectivity index (χ1) is 54.4. The number of nitrogens with zero attached hydrogens (tertiary/aromatic N) is 14. The van der Waals surface area contributed by atoms with E-state index in [4.69, 9.17) is 44.9 Å². The molecule has 6 heterocycles. The second-order valence-electron chi connectivity index (χ2n) is 27.1. The first-order valence-electron chi connectivity index (χ1n) is 36.2. The Bertz CT molecular complexity index is 6440. The molecule has 2 aliphatic rings. The number of benzene rings is 14. The Labute approximate surface area is 633 Å². The minimum Gasteiger partial charge on any atom is -0.311 e. The monoisotopic (exact) mass is 1400 g/mol. The van der Waals surface area contributed by atoms with Gasteiger partial charge in [0.15, 0.2) is 52.4 Å². The van der Waals surface area contributed by atoms with Crippen molar-refractivity contribution in [2.24, 2.45) is 0 Å². The van der Waals surface area contributed by atoms with E-state index in [0.717, 1.165) is 128 Å². The molecule has 14 aromatic carbocycles. The van der Waals surface area contributed by atoms with Gasteiger partial charge in [0.2, 0.25) is 0 Å². The minimum atomic E-state index is -0.273. The van der Waals surface area contributed by atoms with Gasteiger partial charge in [-0.25, -0.2) is 44.9 Å². The molecule has 20 rings (SSSR count). The summed E-state index contributed by atoms with van der Waals surface area (Å²) in [5.74, 6) is 4.45. The molecule has 4 aromatic heterocycles. The van der Waals surface area contributed by atoms with Gasteiger partial charge in [-0.15, -0.1) is 0 Å². The third kappa shape index (κ3) is 11.3. The molecule has 0 bridgehead atoms. The number of nitriles is 2. The first kappa shape index (κ1) is 64.2. The second kappa shape index (κ2) is 26.9. The van der Waals surface area contributed by atoms with Crippen LogP contribution in [-0.2, 0) is 0 Å². The van der Waals surface area contributed by atoms with Crippen LogP contribution in [0.15, 0.2) is 346 Å². The average Bonchev–Trinajstić information content (AvgIpc) is 0.943. The SMILES string of the molecule is N#Cc1ccc2c(c1)N(c1ccccc1)c1cc(-c3ccc4c(c3)c3ccc(-c5nc(-c6ccccc6)nc(-c6ccccc6)n5)cc3n4-c3ccc(-c4nc(-c5ccccc5)nc(-c5ccccc5)n4)cc3-c3nc(-c4ccccc4)nc(-c4ccccc4)n3)cc3c1B2c1ccc(C#N)cc1N3c1ccccc1. The van der Waals surface area contributed by atoms with Crippen molar-refractivity contribution in [2.45, 2.75) is 0 Å². The van der Waals surface area contributed by atoms with E-state index in [1.807, 2.05) is 218 Å². The van der Waals surface area contributed by atoms with E-state index in [2.05, 4.69) is 154 Å². The lowest BCUT2D eigenvalue weighted by molar-refractivity contribution is 1.06. The van der Waals surface area contributed by atoms with E-state index in [9.17, 15) is 10.5 Å². The maximum Gasteiger partial charge on any atom is 0.252 e. The lowest BCUT2D eigenvalue weighted by atomic mass is 9.33. The molecule has 0 spiro atoms. The summed E-state index contributed by atoms with van der Waals surface area (Å²) in [5, 5.41) is 23.2. The molecule has 15 heteroatoms. The third-order valence-electron chi connectivity index (χ3n) is 20.6. The largest absolute Gasteiger partial charge is 0.311 e. The van der Waals surface area contributed by atoms with Crippen LogP contribution in [0.5, 0.6) is 0 Å². The van der Waals surface area contributed by atoms with Crippen molar-refractivity contribution in [1.82, 2.24) is 49.4 Å². The van der Waals surface area contributed by atoms with Gasteiger partial charge in [0.1, 0.15) is 0 Å². The van der Waals surface area contributed by atoms with E-state index in [-0.39, 0.29) is 6.71 Å². The molecule has 0 fully saturated rings. The number of para-hydroxylation sites is 2. The van der Waals surface area contributed by atoms with Crippen molar-refractivity contribution in [3.63, 3.8) is 0 Å². The smallest absolute Gasteiger partial charge is 0.252 e. The molecular formula is C95H57BN14. The molecule has 0 aliphatic carbocycles. The van der Waals surface area contributed by atoms with E-state index in [1.54, 1.807) is 0 Å². The highest BCUT2D eigenvalue weighted by molar-refractivity contribution is 7.00. The Balaban J connectivity index is 0.873. The Morgan fingerprint density at radius 1 is 0.236 bits per heavy atom. The van der Waals surface area contributed by atoms with Crippen LogP contribution < -0.4 is 26.2 Å². The summed E-state index contributed by atoms with van der Waals surface area (Å²) in [6.45, 7) is -0.273. The quantitative estimate of drug-likeness (QED) is 0.0998. The van der Waals surface area contributed by atoms with Gasteiger partial charge in [0, 0.05) is 95.0 Å². The normalized spacial score (nSPS) is 11.9. The summed E-state index contributed by atoms with van der Waals surface area (Å²) >= 11 is 0. The fourth-order valence-electron chi connectivity index (χ4n) is 15.5. The maximum absolute atomic E-state index is 10.7. The zero-order valence-electron chi connectivity index (χ0n) is 58.7. The van der Waals surface area contributed by atoms with E-state index in [0.29, 0.717) is 74.7 Å². The number of hydrogen-bond acceptors (Lipinski definition) is 13. The predicted octanol–water partition coefficient (Wildman–Crippen LogP) is 19.8. The molecule has 0 radical (unpaired) electrons. The van der Waals surface area contributed by atoms with Crippen LogP contribution in [0.25, 0.3) is 141 Å². The molecule has 0 N–H and O–H groups in total. The third-order valence-corrected chi connectivity index (χ3v) is 20.6. The van der Waals surface area contributed by atoms with Gasteiger partial charge >= 0.3 is 0 Å². The molecule has 0 atom stereocenters. The van der Waals surface area contributed by atoms with Gasteiger partial charge in [-0.1, -0.05) is 249 Å². The molecule has 2 aliphatic heterocycles. The Kier molecular flexibility index (Phi) is 15.7. The summed E-state index contributed by atoms with van der Waals surface area (Å²) in [7, 11) is 0. The molecule has 510 valence electrons. The summed E-state index contributed by atoms with van der Waals surface area (Å²) in [6.07, 6.45) is 0. The topological polar surface area (TPSA) is 175 Å². The van der Waals surface area contributed by atoms with Gasteiger partial charge in [-0.05, 0) is 125 Å². The highest BCUT2D eigenvalue weighted by Gasteiger charge is 2.44. The van der Waals surface area contributed by atoms with Gasteiger partial charge < -0.3 is 14.4 Å². The molecule has 0 saturated carbocycles. The Morgan fingerprint density at radius 3 is 0.973 bits per heavy atom. The fourth-order valence-corrected chi connectivity index (χ4v) is 15.5. The summed E-state index contributed by atoms with van der Waals surface area (Å²) < 4.78 is 2.31. The number of hydrogen-bond donors (Lipinski definition) is 0. The molecule has 0 unspecified atom stereocenters. The van der Waals surface area contributed by atoms with Crippen LogP contribution in [0.2, 0.25) is 0 Å². The summed E-state index contributed by atoms with van der Waals surface area (Å²) in [5.41, 5.74) is 21.3. The molecular weight excluding hydrogens is 1350 g/mol. The average molecular weight is 1410 g/mol. The van der Waals surface area contributed by atoms with Crippen LogP contribution in [0.4, 0.5) is 34.1 Å². The van der Waals surface area contributed by atoms with E-state index in [1.165, 1.54) is 0 Å². The van der Waals surface area contributed by atoms with Crippen LogP contribution in [-0.4, -0.2) is 56.1 Å². The van der Waals surface area contributed by atoms with Crippen LogP contribution in [0, 0.1) is 22.7 Å². The van der Waals surface area contributed by atoms with Crippen molar-refractivity contribution in [1.29, 1.82) is 10.5 Å². The summed E-state index contributed by atoms with van der Waals surface area (Å²) in [6, 6.07) is 122. The molecule has 0 saturated heterocycles. The Morgan fingerprint density at radius 2 is 0.582 bits per heavy atom. The van der Waals surface area contributed by atoms with Crippen LogP contribution in [0.1, 0.15) is 11.1 Å². The molecule has 0 amide bonds. The lowest BCUT2D eigenvalue weighted by Gasteiger charge is -2.44. The van der Waals surface area contributed by atoms with Crippen molar-refractivity contribution < 1.29 is 0 Å². The van der Waals surface area contributed by atoms with Crippen molar-refractivity contribution in [3.05, 3.63) is 357 Å². The fraction of sp³-hybridized carbons (Fsp3) is 0. The van der Waals surface area contributed by atoms with Gasteiger partial charge in [0.25, 0.3) is 6.71 Å². The predicted molar refractivity (Wildman–Crippen MR) is 439 cm³/mol. The zero-order valence-corrected chi connectivity index (χ0v) is 58.7. The molecule has 110 heavy (non-hydrogen) atoms. The zero-order chi connectivity index (χ0) is 73.2. The van der Waals surface area contributed by atoms with Crippen LogP contribution >= 0.6 is 0 Å². The molecule has 18 aromatic rings. The Hall–Kier alpha value is -15.4. The number of aromatic nitrogens is 10. The van der Waals surface area contributed by atoms with Crippen molar-refractivity contribution in [2.75, 3.05) is 9.80 Å². The lowest BCUT2D eigenvalue weighted by Crippen LogP contribution is -2.61. The van der Waals surface area contributed by atoms with Gasteiger partial charge in [-0.3, -0.25) is 0 Å². The van der Waals surface area contributed by atoms with Crippen molar-refractivity contribution in [3.8, 4) is 131 Å². The molecule has 14 nitrogen and oxygen atoms in total. The number of anilines is 6. The summed E-state index contributed by atoms with van der Waals surface area (Å²) in [4.78, 5) is 52.3. The van der Waals surface area contributed by atoms with Crippen LogP contribution in [0.3, 0.4) is 0 Å². The second-order valence-corrected chi connectivity index (χ2v) is 27.1. The van der Waals surface area contributed by atoms with Crippen molar-refractivity contribution >= 4 is 79.0 Å². The standard InChI is InChI=1S/C95H57BN14/c97-58-60-41-47-77-82(51-60)108(72-37-21-7-22-38-72)84-56-71(57-85-86(84)96(77)78-48-42-61(59-98)52-83(78)109(85)73-39-23-8-24-40-73)68-44-49-79-75(53-68)74-46-43-70(94-104-89(64-29-13-3-14-30-64)100-90(105-94)65-31-15-4-16-32-65)55-81(74)110(79)80-50-45-69(93-102-87(62-25-9-1-10-26-62)99-88(103-93)63-27-11-2-12-28-63)54-76(80)95-106-91(66-33-17-5-18-34-66)101-92(107-95)67-35-19-6-20-36-67/h1-57H. The van der Waals surface area contributed by atoms with E-state index >= 15 is 0 Å².